The Bertz CT molecular complexity index is 564. The molecule has 0 atom stereocenters. The molecule has 2 aromatic rings. The Hall–Kier alpha value is -1.56. The zero-order valence-electron chi connectivity index (χ0n) is 9.40. The van der Waals surface area contributed by atoms with Crippen LogP contribution in [0.1, 0.15) is 6.92 Å². The highest BCUT2D eigenvalue weighted by Gasteiger charge is 2.08. The van der Waals surface area contributed by atoms with E-state index in [1.54, 1.807) is 0 Å². The lowest BCUT2D eigenvalue weighted by atomic mass is 10.3. The lowest BCUT2D eigenvalue weighted by Crippen LogP contribution is -2.24. The first kappa shape index (κ1) is 11.9. The van der Waals surface area contributed by atoms with Crippen LogP contribution in [0, 0.1) is 0 Å². The zero-order valence-corrected chi connectivity index (χ0v) is 11.0. The molecular weight excluding hydrogens is 284 g/mol. The summed E-state index contributed by atoms with van der Waals surface area (Å²) in [6.07, 6.45) is 0. The molecule has 0 aliphatic rings. The van der Waals surface area contributed by atoms with Crippen LogP contribution in [0.4, 0.5) is 5.95 Å². The molecule has 1 aromatic carbocycles. The molecule has 2 rings (SSSR count). The third kappa shape index (κ3) is 2.58. The molecule has 6 heteroatoms. The first-order valence-corrected chi connectivity index (χ1v) is 6.03. The first-order chi connectivity index (χ1) is 8.08. The van der Waals surface area contributed by atoms with E-state index in [2.05, 4.69) is 26.2 Å². The van der Waals surface area contributed by atoms with E-state index in [1.165, 1.54) is 6.92 Å². The second-order valence-electron chi connectivity index (χ2n) is 3.74. The van der Waals surface area contributed by atoms with E-state index in [-0.39, 0.29) is 5.91 Å². The van der Waals surface area contributed by atoms with E-state index in [1.807, 2.05) is 22.8 Å². The number of rotatable bonds is 3. The standard InChI is InChI=1S/C11H13BrN4O/c1-7(17)14-4-5-16-10-6-8(12)2-3-9(10)15-11(16)13/h2-3,6H,4-5H2,1H3,(H2,13,15)(H,14,17). The van der Waals surface area contributed by atoms with Crippen LogP contribution in [-0.4, -0.2) is 22.0 Å². The molecular formula is C11H13BrN4O. The number of amides is 1. The molecule has 1 heterocycles. The van der Waals surface area contributed by atoms with Gasteiger partial charge in [-0.25, -0.2) is 4.98 Å². The van der Waals surface area contributed by atoms with Crippen LogP contribution in [0.5, 0.6) is 0 Å². The predicted octanol–water partition coefficient (Wildman–Crippen LogP) is 1.52. The SMILES string of the molecule is CC(=O)NCCn1c(N)nc2ccc(Br)cc21. The normalized spacial score (nSPS) is 10.7. The lowest BCUT2D eigenvalue weighted by Gasteiger charge is -2.06. The summed E-state index contributed by atoms with van der Waals surface area (Å²) in [7, 11) is 0. The van der Waals surface area contributed by atoms with Gasteiger partial charge in [-0.15, -0.1) is 0 Å². The molecule has 17 heavy (non-hydrogen) atoms. The van der Waals surface area contributed by atoms with Crippen LogP contribution < -0.4 is 11.1 Å². The Labute approximate surface area is 107 Å². The van der Waals surface area contributed by atoms with E-state index in [0.717, 1.165) is 15.5 Å². The monoisotopic (exact) mass is 296 g/mol. The van der Waals surface area contributed by atoms with E-state index in [0.29, 0.717) is 19.0 Å². The number of aromatic nitrogens is 2. The Morgan fingerprint density at radius 3 is 3.06 bits per heavy atom. The fraction of sp³-hybridized carbons (Fsp3) is 0.273. The quantitative estimate of drug-likeness (QED) is 0.902. The number of benzene rings is 1. The van der Waals surface area contributed by atoms with E-state index >= 15 is 0 Å². The number of nitrogens with zero attached hydrogens (tertiary/aromatic N) is 2. The Morgan fingerprint density at radius 1 is 1.59 bits per heavy atom. The lowest BCUT2D eigenvalue weighted by molar-refractivity contribution is -0.118. The van der Waals surface area contributed by atoms with Gasteiger partial charge < -0.3 is 15.6 Å². The summed E-state index contributed by atoms with van der Waals surface area (Å²) in [6, 6.07) is 5.80. The number of fused-ring (bicyclic) bond motifs is 1. The maximum atomic E-state index is 10.8. The number of nitrogen functional groups attached to an aromatic ring is 1. The number of imidazole rings is 1. The number of hydrogen-bond acceptors (Lipinski definition) is 3. The third-order valence-corrected chi connectivity index (χ3v) is 2.94. The van der Waals surface area contributed by atoms with Crippen molar-refractivity contribution < 1.29 is 4.79 Å². The van der Waals surface area contributed by atoms with Crippen LogP contribution in [0.2, 0.25) is 0 Å². The number of nitrogens with two attached hydrogens (primary N) is 1. The molecule has 3 N–H and O–H groups in total. The van der Waals surface area contributed by atoms with Crippen molar-refractivity contribution >= 4 is 38.8 Å². The summed E-state index contributed by atoms with van der Waals surface area (Å²) in [5, 5.41) is 2.74. The van der Waals surface area contributed by atoms with E-state index in [4.69, 9.17) is 5.73 Å². The first-order valence-electron chi connectivity index (χ1n) is 5.23. The van der Waals surface area contributed by atoms with Crippen molar-refractivity contribution in [1.29, 1.82) is 0 Å². The fourth-order valence-corrected chi connectivity index (χ4v) is 2.04. The maximum absolute atomic E-state index is 10.8. The van der Waals surface area contributed by atoms with Gasteiger partial charge in [-0.3, -0.25) is 4.79 Å². The van der Waals surface area contributed by atoms with Gasteiger partial charge in [0, 0.05) is 24.5 Å². The van der Waals surface area contributed by atoms with Gasteiger partial charge in [0.05, 0.1) is 11.0 Å². The topological polar surface area (TPSA) is 72.9 Å². The van der Waals surface area contributed by atoms with Gasteiger partial charge in [-0.05, 0) is 18.2 Å². The molecule has 0 saturated heterocycles. The van der Waals surface area contributed by atoms with Crippen molar-refractivity contribution in [2.45, 2.75) is 13.5 Å². The van der Waals surface area contributed by atoms with Crippen LogP contribution in [0.15, 0.2) is 22.7 Å². The molecule has 0 spiro atoms. The number of carbonyl (C=O) groups excluding carboxylic acids is 1. The molecule has 90 valence electrons. The smallest absolute Gasteiger partial charge is 0.216 e. The Morgan fingerprint density at radius 2 is 2.35 bits per heavy atom. The second-order valence-corrected chi connectivity index (χ2v) is 4.65. The molecule has 1 aromatic heterocycles. The second kappa shape index (κ2) is 4.75. The highest BCUT2D eigenvalue weighted by molar-refractivity contribution is 9.10. The van der Waals surface area contributed by atoms with Gasteiger partial charge in [0.2, 0.25) is 11.9 Å². The largest absolute Gasteiger partial charge is 0.369 e. The summed E-state index contributed by atoms with van der Waals surface area (Å²) >= 11 is 3.42. The highest BCUT2D eigenvalue weighted by Crippen LogP contribution is 2.21. The van der Waals surface area contributed by atoms with Crippen molar-refractivity contribution in [3.63, 3.8) is 0 Å². The number of nitrogens with one attached hydrogen (secondary N) is 1. The molecule has 0 unspecified atom stereocenters. The molecule has 1 amide bonds. The van der Waals surface area contributed by atoms with E-state index in [9.17, 15) is 4.79 Å². The van der Waals surface area contributed by atoms with Crippen LogP contribution >= 0.6 is 15.9 Å². The Balaban J connectivity index is 2.28. The predicted molar refractivity (Wildman–Crippen MR) is 70.5 cm³/mol. The van der Waals surface area contributed by atoms with Crippen LogP contribution in [0.25, 0.3) is 11.0 Å². The number of anilines is 1. The average Bonchev–Trinajstić information content (AvgIpc) is 2.55. The summed E-state index contributed by atoms with van der Waals surface area (Å²) < 4.78 is 2.86. The van der Waals surface area contributed by atoms with Crippen molar-refractivity contribution in [3.8, 4) is 0 Å². The van der Waals surface area contributed by atoms with Gasteiger partial charge in [0.1, 0.15) is 0 Å². The minimum absolute atomic E-state index is 0.0471. The van der Waals surface area contributed by atoms with Crippen molar-refractivity contribution in [2.24, 2.45) is 0 Å². The fourth-order valence-electron chi connectivity index (χ4n) is 1.69. The molecule has 0 aliphatic carbocycles. The molecule has 5 nitrogen and oxygen atoms in total. The molecule has 0 saturated carbocycles. The minimum atomic E-state index is -0.0471. The van der Waals surface area contributed by atoms with Crippen molar-refractivity contribution in [3.05, 3.63) is 22.7 Å². The number of hydrogen-bond donors (Lipinski definition) is 2. The average molecular weight is 297 g/mol. The number of halogens is 1. The molecule has 0 fully saturated rings. The highest BCUT2D eigenvalue weighted by atomic mass is 79.9. The van der Waals surface area contributed by atoms with Crippen molar-refractivity contribution in [2.75, 3.05) is 12.3 Å². The number of carbonyl (C=O) groups is 1. The summed E-state index contributed by atoms with van der Waals surface area (Å²) in [4.78, 5) is 15.1. The Kier molecular flexibility index (Phi) is 3.33. The van der Waals surface area contributed by atoms with Gasteiger partial charge in [0.15, 0.2) is 0 Å². The van der Waals surface area contributed by atoms with Crippen LogP contribution in [-0.2, 0) is 11.3 Å². The van der Waals surface area contributed by atoms with Crippen LogP contribution in [0.3, 0.4) is 0 Å². The summed E-state index contributed by atoms with van der Waals surface area (Å²) in [6.45, 7) is 2.64. The van der Waals surface area contributed by atoms with Gasteiger partial charge in [-0.1, -0.05) is 15.9 Å². The minimum Gasteiger partial charge on any atom is -0.369 e. The maximum Gasteiger partial charge on any atom is 0.216 e. The van der Waals surface area contributed by atoms with Crippen molar-refractivity contribution in [1.82, 2.24) is 14.9 Å². The summed E-state index contributed by atoms with van der Waals surface area (Å²) in [5.74, 6) is 0.414. The van der Waals surface area contributed by atoms with Gasteiger partial charge >= 0.3 is 0 Å². The zero-order chi connectivity index (χ0) is 12.4. The third-order valence-electron chi connectivity index (χ3n) is 2.45. The summed E-state index contributed by atoms with van der Waals surface area (Å²) in [5.41, 5.74) is 7.66. The van der Waals surface area contributed by atoms with E-state index < -0.39 is 0 Å². The molecule has 0 bridgehead atoms. The van der Waals surface area contributed by atoms with Gasteiger partial charge in [-0.2, -0.15) is 0 Å². The van der Waals surface area contributed by atoms with Gasteiger partial charge in [0.25, 0.3) is 0 Å². The molecule has 0 aliphatic heterocycles. The molecule has 0 radical (unpaired) electrons.